The highest BCUT2D eigenvalue weighted by molar-refractivity contribution is 6.43. The molecule has 1 aromatic rings. The van der Waals surface area contributed by atoms with Gasteiger partial charge in [-0.2, -0.15) is 0 Å². The number of ether oxygens (including phenoxy) is 1. The summed E-state index contributed by atoms with van der Waals surface area (Å²) in [5.74, 6) is 0.924. The third-order valence-electron chi connectivity index (χ3n) is 5.58. The zero-order valence-corrected chi connectivity index (χ0v) is 13.7. The molecule has 4 aliphatic rings. The van der Waals surface area contributed by atoms with Gasteiger partial charge in [-0.15, -0.1) is 0 Å². The highest BCUT2D eigenvalue weighted by atomic mass is 35.5. The maximum atomic E-state index is 12.8. The minimum absolute atomic E-state index is 0.260. The van der Waals surface area contributed by atoms with E-state index in [1.807, 2.05) is 0 Å². The number of carbonyl (C=O) groups is 1. The van der Waals surface area contributed by atoms with Gasteiger partial charge in [-0.3, -0.25) is 4.79 Å². The molecule has 0 saturated heterocycles. The van der Waals surface area contributed by atoms with Gasteiger partial charge in [0.25, 0.3) is 0 Å². The molecule has 1 aromatic carbocycles. The summed E-state index contributed by atoms with van der Waals surface area (Å²) < 4.78 is 5.59. The van der Waals surface area contributed by atoms with Crippen LogP contribution in [0.5, 0.6) is 5.75 Å². The molecule has 2 unspecified atom stereocenters. The molecule has 5 heteroatoms. The van der Waals surface area contributed by atoms with Crippen molar-refractivity contribution in [2.75, 3.05) is 0 Å². The van der Waals surface area contributed by atoms with Crippen LogP contribution in [-0.4, -0.2) is 16.7 Å². The third-order valence-corrected chi connectivity index (χ3v) is 6.38. The standard InChI is InChI=1S/C17H18Cl2O3/c18-12-2-1-3-13(14(12)19)22-15(20)16-5-10-4-11(6-16)8-17(21,7-10)9-16/h1-3,10-11,21H,4-9H2/t10-,11+,16?,17?. The summed E-state index contributed by atoms with van der Waals surface area (Å²) in [6.45, 7) is 0. The molecule has 118 valence electrons. The number of esters is 1. The quantitative estimate of drug-likeness (QED) is 0.647. The van der Waals surface area contributed by atoms with Crippen molar-refractivity contribution in [3.8, 4) is 5.75 Å². The summed E-state index contributed by atoms with van der Waals surface area (Å²) in [5, 5.41) is 11.4. The molecule has 4 atom stereocenters. The number of hydrogen-bond acceptors (Lipinski definition) is 3. The number of hydrogen-bond donors (Lipinski definition) is 1. The largest absolute Gasteiger partial charge is 0.424 e. The average Bonchev–Trinajstić information content (AvgIpc) is 2.41. The van der Waals surface area contributed by atoms with Crippen LogP contribution in [0.15, 0.2) is 18.2 Å². The van der Waals surface area contributed by atoms with Gasteiger partial charge in [-0.05, 0) is 62.5 Å². The van der Waals surface area contributed by atoms with E-state index in [0.717, 1.165) is 32.1 Å². The van der Waals surface area contributed by atoms with E-state index in [1.54, 1.807) is 18.2 Å². The molecule has 1 N–H and O–H groups in total. The van der Waals surface area contributed by atoms with E-state index in [2.05, 4.69) is 0 Å². The molecular formula is C17H18Cl2O3. The number of benzene rings is 1. The van der Waals surface area contributed by atoms with Crippen molar-refractivity contribution in [2.24, 2.45) is 17.3 Å². The Morgan fingerprint density at radius 3 is 2.50 bits per heavy atom. The molecule has 0 radical (unpaired) electrons. The molecule has 0 amide bonds. The summed E-state index contributed by atoms with van der Waals surface area (Å²) in [4.78, 5) is 12.8. The SMILES string of the molecule is O=C(Oc1cccc(Cl)c1Cl)C12C[C@@H]3C[C@@H](CC(O)(C3)C1)C2. The van der Waals surface area contributed by atoms with E-state index in [-0.39, 0.29) is 11.0 Å². The van der Waals surface area contributed by atoms with Crippen molar-refractivity contribution in [3.05, 3.63) is 28.2 Å². The fourth-order valence-corrected chi connectivity index (χ4v) is 5.55. The Hall–Kier alpha value is -0.770. The Bertz CT molecular complexity index is 629. The van der Waals surface area contributed by atoms with Gasteiger partial charge in [0.05, 0.1) is 16.0 Å². The van der Waals surface area contributed by atoms with E-state index in [0.29, 0.717) is 29.0 Å². The van der Waals surface area contributed by atoms with Crippen LogP contribution in [0.4, 0.5) is 0 Å². The fourth-order valence-electron chi connectivity index (χ4n) is 5.22. The van der Waals surface area contributed by atoms with Crippen molar-refractivity contribution in [2.45, 2.75) is 44.1 Å². The van der Waals surface area contributed by atoms with Crippen LogP contribution in [-0.2, 0) is 4.79 Å². The topological polar surface area (TPSA) is 46.5 Å². The van der Waals surface area contributed by atoms with Gasteiger partial charge in [0.15, 0.2) is 5.75 Å². The molecule has 0 heterocycles. The monoisotopic (exact) mass is 340 g/mol. The third kappa shape index (κ3) is 2.26. The van der Waals surface area contributed by atoms with Crippen LogP contribution < -0.4 is 4.74 Å². The summed E-state index contributed by atoms with van der Waals surface area (Å²) in [6, 6.07) is 5.03. The molecule has 0 aliphatic heterocycles. The molecule has 0 aromatic heterocycles. The molecule has 0 spiro atoms. The Morgan fingerprint density at radius 1 is 1.18 bits per heavy atom. The first-order valence-corrected chi connectivity index (χ1v) is 8.53. The van der Waals surface area contributed by atoms with Gasteiger partial charge < -0.3 is 9.84 Å². The first-order valence-electron chi connectivity index (χ1n) is 7.78. The predicted octanol–water partition coefficient (Wildman–Crippen LogP) is 4.23. The first kappa shape index (κ1) is 14.8. The smallest absolute Gasteiger partial charge is 0.317 e. The van der Waals surface area contributed by atoms with Gasteiger partial charge in [-0.1, -0.05) is 29.3 Å². The van der Waals surface area contributed by atoms with Crippen LogP contribution in [0.3, 0.4) is 0 Å². The van der Waals surface area contributed by atoms with Crippen molar-refractivity contribution in [3.63, 3.8) is 0 Å². The second-order valence-electron chi connectivity index (χ2n) is 7.41. The maximum Gasteiger partial charge on any atom is 0.317 e. The van der Waals surface area contributed by atoms with Gasteiger partial charge in [-0.25, -0.2) is 0 Å². The van der Waals surface area contributed by atoms with Crippen LogP contribution >= 0.6 is 23.2 Å². The molecular weight excluding hydrogens is 323 g/mol. The van der Waals surface area contributed by atoms with Crippen LogP contribution in [0.25, 0.3) is 0 Å². The van der Waals surface area contributed by atoms with Crippen molar-refractivity contribution < 1.29 is 14.6 Å². The summed E-state index contributed by atoms with van der Waals surface area (Å²) in [7, 11) is 0. The second-order valence-corrected chi connectivity index (χ2v) is 8.19. The van der Waals surface area contributed by atoms with Crippen LogP contribution in [0.2, 0.25) is 10.0 Å². The van der Waals surface area contributed by atoms with Crippen LogP contribution in [0, 0.1) is 17.3 Å². The van der Waals surface area contributed by atoms with Crippen molar-refractivity contribution >= 4 is 29.2 Å². The van der Waals surface area contributed by atoms with Crippen molar-refractivity contribution in [1.29, 1.82) is 0 Å². The minimum atomic E-state index is -0.679. The lowest BCUT2D eigenvalue weighted by molar-refractivity contribution is -0.188. The number of rotatable bonds is 2. The summed E-state index contributed by atoms with van der Waals surface area (Å²) in [5.41, 5.74) is -1.23. The van der Waals surface area contributed by atoms with Gasteiger partial charge in [0.1, 0.15) is 5.02 Å². The lowest BCUT2D eigenvalue weighted by atomic mass is 9.48. The highest BCUT2D eigenvalue weighted by Crippen LogP contribution is 2.62. The fraction of sp³-hybridized carbons (Fsp3) is 0.588. The van der Waals surface area contributed by atoms with Crippen LogP contribution in [0.1, 0.15) is 38.5 Å². The molecule has 5 rings (SSSR count). The first-order chi connectivity index (χ1) is 10.4. The van der Waals surface area contributed by atoms with Gasteiger partial charge >= 0.3 is 5.97 Å². The van der Waals surface area contributed by atoms with E-state index < -0.39 is 11.0 Å². The Kier molecular flexibility index (Phi) is 3.27. The highest BCUT2D eigenvalue weighted by Gasteiger charge is 2.61. The van der Waals surface area contributed by atoms with Crippen molar-refractivity contribution in [1.82, 2.24) is 0 Å². The average molecular weight is 341 g/mol. The second kappa shape index (κ2) is 4.86. The number of aliphatic hydroxyl groups is 1. The Labute approximate surface area is 139 Å². The molecule has 4 fully saturated rings. The zero-order chi connectivity index (χ0) is 15.5. The number of carbonyl (C=O) groups excluding carboxylic acids is 1. The van der Waals surface area contributed by atoms with Gasteiger partial charge in [0.2, 0.25) is 0 Å². The van der Waals surface area contributed by atoms with E-state index in [9.17, 15) is 9.90 Å². The maximum absolute atomic E-state index is 12.8. The molecule has 22 heavy (non-hydrogen) atoms. The zero-order valence-electron chi connectivity index (χ0n) is 12.1. The lowest BCUT2D eigenvalue weighted by Crippen LogP contribution is -2.59. The molecule has 4 bridgehead atoms. The number of halogens is 2. The molecule has 4 saturated carbocycles. The summed E-state index contributed by atoms with van der Waals surface area (Å²) in [6.07, 6.45) is 4.96. The van der Waals surface area contributed by atoms with E-state index >= 15 is 0 Å². The molecule has 4 aliphatic carbocycles. The minimum Gasteiger partial charge on any atom is -0.424 e. The summed E-state index contributed by atoms with van der Waals surface area (Å²) >= 11 is 12.1. The Morgan fingerprint density at radius 2 is 1.86 bits per heavy atom. The van der Waals surface area contributed by atoms with E-state index in [4.69, 9.17) is 27.9 Å². The normalized spacial score (nSPS) is 39.0. The Balaban J connectivity index is 1.61. The molecule has 3 nitrogen and oxygen atoms in total. The van der Waals surface area contributed by atoms with Gasteiger partial charge in [0, 0.05) is 0 Å². The lowest BCUT2D eigenvalue weighted by Gasteiger charge is -2.58. The predicted molar refractivity (Wildman–Crippen MR) is 84.2 cm³/mol. The van der Waals surface area contributed by atoms with E-state index in [1.165, 1.54) is 0 Å².